The second-order valence-electron chi connectivity index (χ2n) is 5.37. The topological polar surface area (TPSA) is 32.3 Å². The Morgan fingerprint density at radius 2 is 2.21 bits per heavy atom. The Bertz CT molecular complexity index is 410. The monoisotopic (exact) mass is 278 g/mol. The molecule has 1 aliphatic heterocycles. The van der Waals surface area contributed by atoms with E-state index in [1.807, 2.05) is 30.3 Å². The van der Waals surface area contributed by atoms with Gasteiger partial charge in [0, 0.05) is 13.1 Å². The first-order valence-corrected chi connectivity index (χ1v) is 7.35. The Kier molecular flexibility index (Phi) is 5.28. The summed E-state index contributed by atoms with van der Waals surface area (Å²) in [5, 5.41) is 2.76. The Balaban J connectivity index is 1.73. The van der Waals surface area contributed by atoms with Crippen LogP contribution in [-0.2, 0) is 11.2 Å². The Morgan fingerprint density at radius 1 is 1.47 bits per heavy atom. The van der Waals surface area contributed by atoms with Gasteiger partial charge in [0.15, 0.2) is 0 Å². The average Bonchev–Trinajstić information content (AvgIpc) is 2.83. The number of amides is 1. The minimum atomic E-state index is -0.262. The smallest absolute Gasteiger partial charge is 0.233 e. The van der Waals surface area contributed by atoms with Gasteiger partial charge in [-0.25, -0.2) is 0 Å². The number of carbonyl (C=O) groups excluding carboxylic acids is 1. The lowest BCUT2D eigenvalue weighted by Gasteiger charge is -2.15. The predicted molar refractivity (Wildman–Crippen MR) is 81.5 cm³/mol. The molecule has 3 nitrogen and oxygen atoms in total. The zero-order valence-electron chi connectivity index (χ0n) is 11.4. The molecule has 1 N–H and O–H groups in total. The number of rotatable bonds is 5. The molecule has 1 aromatic carbocycles. The van der Waals surface area contributed by atoms with E-state index < -0.39 is 0 Å². The third-order valence-electron chi connectivity index (χ3n) is 3.63. The van der Waals surface area contributed by atoms with Crippen molar-refractivity contribution in [2.45, 2.75) is 18.1 Å². The molecule has 1 aliphatic rings. The summed E-state index contributed by atoms with van der Waals surface area (Å²) in [6.45, 7) is 2.99. The average molecular weight is 278 g/mol. The van der Waals surface area contributed by atoms with Crippen molar-refractivity contribution in [2.75, 3.05) is 26.7 Å². The molecule has 0 aromatic heterocycles. The Morgan fingerprint density at radius 3 is 2.84 bits per heavy atom. The fraction of sp³-hybridized carbons (Fsp3) is 0.533. The van der Waals surface area contributed by atoms with Crippen LogP contribution in [0.25, 0.3) is 0 Å². The van der Waals surface area contributed by atoms with Gasteiger partial charge in [-0.15, -0.1) is 0 Å². The van der Waals surface area contributed by atoms with E-state index in [9.17, 15) is 4.79 Å². The fourth-order valence-corrected chi connectivity index (χ4v) is 2.79. The minimum Gasteiger partial charge on any atom is -0.355 e. The van der Waals surface area contributed by atoms with E-state index in [-0.39, 0.29) is 11.2 Å². The van der Waals surface area contributed by atoms with Gasteiger partial charge in [0.05, 0.1) is 5.25 Å². The fourth-order valence-electron chi connectivity index (χ4n) is 2.49. The molecule has 1 heterocycles. The van der Waals surface area contributed by atoms with E-state index in [1.165, 1.54) is 6.42 Å². The SMILES string of the molecule is CN1CCC(CNC(=O)C(S)Cc2ccccc2)C1. The number of likely N-dealkylation sites (tertiary alicyclic amines) is 1. The molecule has 4 heteroatoms. The molecule has 1 fully saturated rings. The summed E-state index contributed by atoms with van der Waals surface area (Å²) in [4.78, 5) is 14.3. The van der Waals surface area contributed by atoms with Crippen molar-refractivity contribution >= 4 is 18.5 Å². The summed E-state index contributed by atoms with van der Waals surface area (Å²) in [6, 6.07) is 10.0. The van der Waals surface area contributed by atoms with Gasteiger partial charge < -0.3 is 10.2 Å². The maximum absolute atomic E-state index is 12.0. The summed E-state index contributed by atoms with van der Waals surface area (Å²) >= 11 is 4.41. The largest absolute Gasteiger partial charge is 0.355 e. The van der Waals surface area contributed by atoms with Gasteiger partial charge in [0.2, 0.25) is 5.91 Å². The van der Waals surface area contributed by atoms with Gasteiger partial charge in [-0.05, 0) is 37.9 Å². The van der Waals surface area contributed by atoms with Crippen LogP contribution in [0, 0.1) is 5.92 Å². The first kappa shape index (κ1) is 14.4. The summed E-state index contributed by atoms with van der Waals surface area (Å²) in [7, 11) is 2.12. The van der Waals surface area contributed by atoms with Crippen LogP contribution in [0.15, 0.2) is 30.3 Å². The lowest BCUT2D eigenvalue weighted by atomic mass is 10.1. The highest BCUT2D eigenvalue weighted by Gasteiger charge is 2.21. The summed E-state index contributed by atoms with van der Waals surface area (Å²) in [5.41, 5.74) is 1.15. The highest BCUT2D eigenvalue weighted by molar-refractivity contribution is 7.81. The number of thiol groups is 1. The first-order valence-electron chi connectivity index (χ1n) is 6.83. The summed E-state index contributed by atoms with van der Waals surface area (Å²) in [6.07, 6.45) is 1.85. The van der Waals surface area contributed by atoms with E-state index in [1.54, 1.807) is 0 Å². The molecular formula is C15H22N2OS. The first-order chi connectivity index (χ1) is 9.15. The van der Waals surface area contributed by atoms with E-state index in [0.29, 0.717) is 12.3 Å². The van der Waals surface area contributed by atoms with Gasteiger partial charge in [0.25, 0.3) is 0 Å². The zero-order chi connectivity index (χ0) is 13.7. The van der Waals surface area contributed by atoms with Crippen LogP contribution in [0.5, 0.6) is 0 Å². The van der Waals surface area contributed by atoms with E-state index in [0.717, 1.165) is 25.2 Å². The number of hydrogen-bond acceptors (Lipinski definition) is 3. The van der Waals surface area contributed by atoms with Gasteiger partial charge in [0.1, 0.15) is 0 Å². The van der Waals surface area contributed by atoms with Crippen LogP contribution >= 0.6 is 12.6 Å². The normalized spacial score (nSPS) is 21.3. The molecule has 2 rings (SSSR count). The van der Waals surface area contributed by atoms with Crippen molar-refractivity contribution in [2.24, 2.45) is 5.92 Å². The number of nitrogens with zero attached hydrogens (tertiary/aromatic N) is 1. The highest BCUT2D eigenvalue weighted by Crippen LogP contribution is 2.13. The lowest BCUT2D eigenvalue weighted by Crippen LogP contribution is -2.36. The maximum atomic E-state index is 12.0. The van der Waals surface area contributed by atoms with Crippen LogP contribution in [0.4, 0.5) is 0 Å². The van der Waals surface area contributed by atoms with Gasteiger partial charge >= 0.3 is 0 Å². The molecule has 19 heavy (non-hydrogen) atoms. The van der Waals surface area contributed by atoms with E-state index in [4.69, 9.17) is 0 Å². The van der Waals surface area contributed by atoms with Crippen molar-refractivity contribution < 1.29 is 4.79 Å². The van der Waals surface area contributed by atoms with Crippen molar-refractivity contribution in [1.29, 1.82) is 0 Å². The molecule has 1 amide bonds. The molecular weight excluding hydrogens is 256 g/mol. The van der Waals surface area contributed by atoms with Gasteiger partial charge in [-0.2, -0.15) is 12.6 Å². The van der Waals surface area contributed by atoms with Gasteiger partial charge in [-0.3, -0.25) is 4.79 Å². The minimum absolute atomic E-state index is 0.0433. The number of nitrogens with one attached hydrogen (secondary N) is 1. The molecule has 0 radical (unpaired) electrons. The quantitative estimate of drug-likeness (QED) is 0.802. The van der Waals surface area contributed by atoms with Crippen LogP contribution in [0.1, 0.15) is 12.0 Å². The molecule has 104 valence electrons. The molecule has 0 saturated carbocycles. The molecule has 0 spiro atoms. The van der Waals surface area contributed by atoms with Crippen LogP contribution in [0.3, 0.4) is 0 Å². The van der Waals surface area contributed by atoms with Crippen molar-refractivity contribution in [3.05, 3.63) is 35.9 Å². The Labute approximate surface area is 120 Å². The van der Waals surface area contributed by atoms with Crippen LogP contribution < -0.4 is 5.32 Å². The second kappa shape index (κ2) is 6.96. The maximum Gasteiger partial charge on any atom is 0.233 e. The molecule has 0 aliphatic carbocycles. The molecule has 2 unspecified atom stereocenters. The van der Waals surface area contributed by atoms with E-state index >= 15 is 0 Å². The number of hydrogen-bond donors (Lipinski definition) is 2. The standard InChI is InChI=1S/C15H22N2OS/c1-17-8-7-13(11-17)10-16-15(18)14(19)9-12-5-3-2-4-6-12/h2-6,13-14,19H,7-11H2,1H3,(H,16,18). The molecule has 0 bridgehead atoms. The van der Waals surface area contributed by atoms with Crippen LogP contribution in [-0.4, -0.2) is 42.7 Å². The summed E-state index contributed by atoms with van der Waals surface area (Å²) < 4.78 is 0. The lowest BCUT2D eigenvalue weighted by molar-refractivity contribution is -0.120. The number of carbonyl (C=O) groups is 1. The Hall–Kier alpha value is -1.00. The third kappa shape index (κ3) is 4.55. The molecule has 1 saturated heterocycles. The van der Waals surface area contributed by atoms with Gasteiger partial charge in [-0.1, -0.05) is 30.3 Å². The zero-order valence-corrected chi connectivity index (χ0v) is 12.3. The predicted octanol–water partition coefficient (Wildman–Crippen LogP) is 1.60. The van der Waals surface area contributed by atoms with Crippen molar-refractivity contribution in [1.82, 2.24) is 10.2 Å². The van der Waals surface area contributed by atoms with Crippen LogP contribution in [0.2, 0.25) is 0 Å². The molecule has 2 atom stereocenters. The summed E-state index contributed by atoms with van der Waals surface area (Å²) in [5.74, 6) is 0.632. The van der Waals surface area contributed by atoms with Crippen molar-refractivity contribution in [3.8, 4) is 0 Å². The van der Waals surface area contributed by atoms with Crippen molar-refractivity contribution in [3.63, 3.8) is 0 Å². The highest BCUT2D eigenvalue weighted by atomic mass is 32.1. The molecule has 1 aromatic rings. The second-order valence-corrected chi connectivity index (χ2v) is 5.99. The number of benzene rings is 1. The third-order valence-corrected chi connectivity index (χ3v) is 4.05. The van der Waals surface area contributed by atoms with E-state index in [2.05, 4.69) is 29.9 Å².